The van der Waals surface area contributed by atoms with Gasteiger partial charge in [0.15, 0.2) is 17.2 Å². The Morgan fingerprint density at radius 1 is 1.32 bits per heavy atom. The zero-order valence-electron chi connectivity index (χ0n) is 13.7. The number of hydrogen-bond donors (Lipinski definition) is 1. The second-order valence-electron chi connectivity index (χ2n) is 6.26. The van der Waals surface area contributed by atoms with Gasteiger partial charge in [0.1, 0.15) is 6.33 Å². The molecule has 6 nitrogen and oxygen atoms in total. The average Bonchev–Trinajstić information content (AvgIpc) is 3.21. The zero-order valence-corrected chi connectivity index (χ0v) is 14.5. The first-order valence-electron chi connectivity index (χ1n) is 8.37. The number of benzene rings is 1. The number of nitrogens with one attached hydrogen (secondary N) is 1. The molecule has 4 heterocycles. The van der Waals surface area contributed by atoms with Crippen molar-refractivity contribution < 1.29 is 4.42 Å². The number of aromatic nitrogens is 4. The summed E-state index contributed by atoms with van der Waals surface area (Å²) in [5.41, 5.74) is 4.96. The number of rotatable bonds is 2. The lowest BCUT2D eigenvalue weighted by molar-refractivity contribution is 0.529. The maximum Gasteiger partial charge on any atom is 0.252 e. The minimum Gasteiger partial charge on any atom is -0.422 e. The van der Waals surface area contributed by atoms with Gasteiger partial charge in [-0.25, -0.2) is 9.97 Å². The van der Waals surface area contributed by atoms with Crippen LogP contribution >= 0.6 is 11.6 Å². The van der Waals surface area contributed by atoms with Crippen LogP contribution in [0.2, 0.25) is 5.02 Å². The van der Waals surface area contributed by atoms with Crippen LogP contribution in [0.25, 0.3) is 22.1 Å². The summed E-state index contributed by atoms with van der Waals surface area (Å²) in [6.07, 6.45) is 3.20. The normalized spacial score (nSPS) is 14.4. The van der Waals surface area contributed by atoms with E-state index in [0.29, 0.717) is 11.6 Å². The van der Waals surface area contributed by atoms with E-state index in [0.717, 1.165) is 47.8 Å². The molecule has 0 unspecified atom stereocenters. The van der Waals surface area contributed by atoms with Gasteiger partial charge >= 0.3 is 0 Å². The zero-order chi connectivity index (χ0) is 17.0. The summed E-state index contributed by atoms with van der Waals surface area (Å²) in [6, 6.07) is 5.98. The molecule has 1 N–H and O–H groups in total. The fourth-order valence-corrected chi connectivity index (χ4v) is 3.71. The van der Waals surface area contributed by atoms with Crippen LogP contribution < -0.4 is 4.90 Å². The fourth-order valence-electron chi connectivity index (χ4n) is 3.54. The number of anilines is 1. The molecule has 0 saturated heterocycles. The van der Waals surface area contributed by atoms with Gasteiger partial charge in [-0.15, -0.1) is 0 Å². The molecular formula is C18H16ClN5O. The molecule has 0 bridgehead atoms. The van der Waals surface area contributed by atoms with E-state index in [9.17, 15) is 0 Å². The van der Waals surface area contributed by atoms with E-state index in [1.165, 1.54) is 16.6 Å². The summed E-state index contributed by atoms with van der Waals surface area (Å²) in [4.78, 5) is 19.0. The lowest BCUT2D eigenvalue weighted by atomic mass is 10.0. The van der Waals surface area contributed by atoms with Crippen LogP contribution in [-0.2, 0) is 19.4 Å². The monoisotopic (exact) mass is 353 g/mol. The maximum atomic E-state index is 6.20. The van der Waals surface area contributed by atoms with Crippen molar-refractivity contribution in [2.24, 2.45) is 0 Å². The Balaban J connectivity index is 1.61. The number of nitrogens with zero attached hydrogens (tertiary/aromatic N) is 4. The van der Waals surface area contributed by atoms with E-state index >= 15 is 0 Å². The molecule has 0 atom stereocenters. The Labute approximate surface area is 148 Å². The molecule has 0 aliphatic carbocycles. The SMILES string of the molecule is CCc1nc2c(N3CCc4[nH]c5ccc(Cl)cc5c4C3)ncnc2o1. The number of hydrogen-bond acceptors (Lipinski definition) is 5. The first kappa shape index (κ1) is 14.7. The second-order valence-corrected chi connectivity index (χ2v) is 6.69. The molecule has 0 amide bonds. The fraction of sp³-hybridized carbons (Fsp3) is 0.278. The van der Waals surface area contributed by atoms with Crippen molar-refractivity contribution in [1.82, 2.24) is 19.9 Å². The van der Waals surface area contributed by atoms with E-state index in [-0.39, 0.29) is 0 Å². The highest BCUT2D eigenvalue weighted by Crippen LogP contribution is 2.33. The average molecular weight is 354 g/mol. The molecule has 7 heteroatoms. The van der Waals surface area contributed by atoms with Crippen molar-refractivity contribution in [3.63, 3.8) is 0 Å². The van der Waals surface area contributed by atoms with Gasteiger partial charge in [0, 0.05) is 53.1 Å². The topological polar surface area (TPSA) is 70.8 Å². The molecule has 0 fully saturated rings. The molecule has 126 valence electrons. The van der Waals surface area contributed by atoms with Gasteiger partial charge in [0.05, 0.1) is 0 Å². The van der Waals surface area contributed by atoms with Crippen molar-refractivity contribution in [3.8, 4) is 0 Å². The van der Waals surface area contributed by atoms with Crippen molar-refractivity contribution in [2.45, 2.75) is 26.3 Å². The number of fused-ring (bicyclic) bond motifs is 4. The Bertz CT molecular complexity index is 1100. The summed E-state index contributed by atoms with van der Waals surface area (Å²) in [5.74, 6) is 1.52. The summed E-state index contributed by atoms with van der Waals surface area (Å²) < 4.78 is 5.68. The number of H-pyrrole nitrogens is 1. The number of oxazole rings is 1. The van der Waals surface area contributed by atoms with E-state index in [1.807, 2.05) is 25.1 Å². The summed E-state index contributed by atoms with van der Waals surface area (Å²) in [5, 5.41) is 1.92. The van der Waals surface area contributed by atoms with Crippen LogP contribution in [0.4, 0.5) is 5.82 Å². The van der Waals surface area contributed by atoms with E-state index in [2.05, 4.69) is 24.8 Å². The Morgan fingerprint density at radius 2 is 2.24 bits per heavy atom. The summed E-state index contributed by atoms with van der Waals surface area (Å²) in [7, 11) is 0. The van der Waals surface area contributed by atoms with Gasteiger partial charge in [0.25, 0.3) is 5.71 Å². The third-order valence-corrected chi connectivity index (χ3v) is 4.99. The van der Waals surface area contributed by atoms with Crippen molar-refractivity contribution in [3.05, 3.63) is 46.7 Å². The standard InChI is InChI=1S/C18H16ClN5O/c1-2-15-23-16-17(20-9-21-18(16)25-15)24-6-5-14-12(8-24)11-7-10(19)3-4-13(11)22-14/h3-4,7,9,22H,2,5-6,8H2,1H3. The van der Waals surface area contributed by atoms with Crippen LogP contribution in [0.3, 0.4) is 0 Å². The second kappa shape index (κ2) is 5.46. The van der Waals surface area contributed by atoms with E-state index < -0.39 is 0 Å². The molecule has 0 saturated carbocycles. The highest BCUT2D eigenvalue weighted by atomic mass is 35.5. The van der Waals surface area contributed by atoms with Crippen LogP contribution in [-0.4, -0.2) is 26.5 Å². The Kier molecular flexibility index (Phi) is 3.21. The third kappa shape index (κ3) is 2.28. The largest absolute Gasteiger partial charge is 0.422 e. The minimum atomic E-state index is 0.551. The number of halogens is 1. The van der Waals surface area contributed by atoms with Gasteiger partial charge in [-0.3, -0.25) is 0 Å². The molecule has 1 aromatic carbocycles. The Morgan fingerprint density at radius 3 is 3.12 bits per heavy atom. The van der Waals surface area contributed by atoms with Gasteiger partial charge in [-0.05, 0) is 18.2 Å². The lowest BCUT2D eigenvalue weighted by Crippen LogP contribution is -2.31. The summed E-state index contributed by atoms with van der Waals surface area (Å²) >= 11 is 6.20. The van der Waals surface area contributed by atoms with Crippen LogP contribution in [0.15, 0.2) is 28.9 Å². The maximum absolute atomic E-state index is 6.20. The number of aromatic amines is 1. The van der Waals surface area contributed by atoms with Gasteiger partial charge in [0.2, 0.25) is 0 Å². The molecule has 0 spiro atoms. The first-order chi connectivity index (χ1) is 12.2. The molecule has 5 rings (SSSR count). The molecule has 1 aliphatic rings. The number of aryl methyl sites for hydroxylation is 1. The molecule has 3 aromatic heterocycles. The minimum absolute atomic E-state index is 0.551. The van der Waals surface area contributed by atoms with Crippen LogP contribution in [0.1, 0.15) is 24.1 Å². The predicted molar refractivity (Wildman–Crippen MR) is 97.0 cm³/mol. The van der Waals surface area contributed by atoms with Crippen LogP contribution in [0, 0.1) is 0 Å². The Hall–Kier alpha value is -2.60. The molecule has 25 heavy (non-hydrogen) atoms. The molecular weight excluding hydrogens is 338 g/mol. The van der Waals surface area contributed by atoms with Gasteiger partial charge < -0.3 is 14.3 Å². The highest BCUT2D eigenvalue weighted by molar-refractivity contribution is 6.31. The smallest absolute Gasteiger partial charge is 0.252 e. The molecule has 4 aromatic rings. The molecule has 1 aliphatic heterocycles. The van der Waals surface area contributed by atoms with Crippen molar-refractivity contribution in [1.29, 1.82) is 0 Å². The van der Waals surface area contributed by atoms with Crippen molar-refractivity contribution >= 4 is 39.6 Å². The van der Waals surface area contributed by atoms with Gasteiger partial charge in [-0.1, -0.05) is 18.5 Å². The third-order valence-electron chi connectivity index (χ3n) is 4.76. The highest BCUT2D eigenvalue weighted by Gasteiger charge is 2.24. The predicted octanol–water partition coefficient (Wildman–Crippen LogP) is 3.88. The van der Waals surface area contributed by atoms with E-state index in [4.69, 9.17) is 16.0 Å². The van der Waals surface area contributed by atoms with Crippen molar-refractivity contribution in [2.75, 3.05) is 11.4 Å². The first-order valence-corrected chi connectivity index (χ1v) is 8.75. The summed E-state index contributed by atoms with van der Waals surface area (Å²) in [6.45, 7) is 3.64. The van der Waals surface area contributed by atoms with Crippen LogP contribution in [0.5, 0.6) is 0 Å². The lowest BCUT2D eigenvalue weighted by Gasteiger charge is -2.28. The van der Waals surface area contributed by atoms with Gasteiger partial charge in [-0.2, -0.15) is 4.98 Å². The van der Waals surface area contributed by atoms with E-state index in [1.54, 1.807) is 6.33 Å². The molecule has 0 radical (unpaired) electrons. The quantitative estimate of drug-likeness (QED) is 0.592.